The summed E-state index contributed by atoms with van der Waals surface area (Å²) in [5, 5.41) is 2.19. The van der Waals surface area contributed by atoms with Gasteiger partial charge >= 0.3 is 0 Å². The maximum atomic E-state index is 5.21. The first-order chi connectivity index (χ1) is 9.79. The molecule has 20 heavy (non-hydrogen) atoms. The average Bonchev–Trinajstić information content (AvgIpc) is 2.97. The van der Waals surface area contributed by atoms with Gasteiger partial charge in [-0.15, -0.1) is 11.8 Å². The Balaban J connectivity index is 1.94. The summed E-state index contributed by atoms with van der Waals surface area (Å²) in [5.74, 6) is 2.80. The molecule has 1 aromatic carbocycles. The number of pyridine rings is 1. The smallest absolute Gasteiger partial charge is 0.136 e. The molecule has 0 bridgehead atoms. The summed E-state index contributed by atoms with van der Waals surface area (Å²) in [6.45, 7) is 2.09. The number of rotatable bonds is 3. The maximum absolute atomic E-state index is 5.21. The summed E-state index contributed by atoms with van der Waals surface area (Å²) in [4.78, 5) is 6.77. The minimum atomic E-state index is 0.876. The van der Waals surface area contributed by atoms with Crippen molar-refractivity contribution in [3.63, 3.8) is 0 Å². The van der Waals surface area contributed by atoms with Gasteiger partial charge < -0.3 is 9.64 Å². The molecule has 0 radical (unpaired) electrons. The number of hydrogen-bond donors (Lipinski definition) is 0. The van der Waals surface area contributed by atoms with Gasteiger partial charge in [-0.2, -0.15) is 0 Å². The first-order valence-corrected chi connectivity index (χ1v) is 7.50. The summed E-state index contributed by atoms with van der Waals surface area (Å²) >= 11 is 1.79. The Bertz CT molecular complexity index is 637. The molecular formula is C16H16N2OS. The maximum Gasteiger partial charge on any atom is 0.136 e. The van der Waals surface area contributed by atoms with Crippen LogP contribution < -0.4 is 9.64 Å². The van der Waals surface area contributed by atoms with E-state index in [-0.39, 0.29) is 0 Å². The molecular weight excluding hydrogens is 268 g/mol. The molecule has 1 aliphatic rings. The lowest BCUT2D eigenvalue weighted by Gasteiger charge is -2.22. The molecule has 0 atom stereocenters. The van der Waals surface area contributed by atoms with Crippen LogP contribution in [0.3, 0.4) is 0 Å². The lowest BCUT2D eigenvalue weighted by atomic mass is 10.1. The second kappa shape index (κ2) is 5.59. The molecule has 0 N–H and O–H groups in total. The SMILES string of the molecule is COc1ccc(C2=CSCN2c2ncccc2C)cc1. The van der Waals surface area contributed by atoms with Crippen molar-refractivity contribution in [3.05, 3.63) is 59.1 Å². The number of aryl methyl sites for hydroxylation is 1. The molecule has 2 heterocycles. The van der Waals surface area contributed by atoms with Crippen LogP contribution in [-0.4, -0.2) is 18.0 Å². The van der Waals surface area contributed by atoms with Crippen LogP contribution in [-0.2, 0) is 0 Å². The van der Waals surface area contributed by atoms with Crippen LogP contribution in [0.1, 0.15) is 11.1 Å². The van der Waals surface area contributed by atoms with Crippen LogP contribution in [0.15, 0.2) is 48.0 Å². The molecule has 0 unspecified atom stereocenters. The number of hydrogen-bond acceptors (Lipinski definition) is 4. The standard InChI is InChI=1S/C16H16N2OS/c1-12-4-3-9-17-16(12)18-11-20-10-15(18)13-5-7-14(19-2)8-6-13/h3-10H,11H2,1-2H3. The average molecular weight is 284 g/mol. The Hall–Kier alpha value is -1.94. The van der Waals surface area contributed by atoms with Crippen molar-refractivity contribution in [2.75, 3.05) is 17.9 Å². The van der Waals surface area contributed by atoms with Gasteiger partial charge in [0.15, 0.2) is 0 Å². The Labute approximate surface area is 123 Å². The van der Waals surface area contributed by atoms with E-state index in [1.165, 1.54) is 16.8 Å². The van der Waals surface area contributed by atoms with Gasteiger partial charge in [0.2, 0.25) is 0 Å². The summed E-state index contributed by atoms with van der Waals surface area (Å²) in [6.07, 6.45) is 1.84. The monoisotopic (exact) mass is 284 g/mol. The predicted octanol–water partition coefficient (Wildman–Crippen LogP) is 3.91. The van der Waals surface area contributed by atoms with E-state index < -0.39 is 0 Å². The molecule has 1 aromatic heterocycles. The molecule has 0 saturated heterocycles. The predicted molar refractivity (Wildman–Crippen MR) is 84.9 cm³/mol. The molecule has 0 saturated carbocycles. The fraction of sp³-hybridized carbons (Fsp3) is 0.188. The van der Waals surface area contributed by atoms with E-state index in [4.69, 9.17) is 4.74 Å². The molecule has 0 amide bonds. The summed E-state index contributed by atoms with van der Waals surface area (Å²) < 4.78 is 5.21. The van der Waals surface area contributed by atoms with E-state index >= 15 is 0 Å². The molecule has 1 aliphatic heterocycles. The summed E-state index contributed by atoms with van der Waals surface area (Å²) in [5.41, 5.74) is 3.56. The van der Waals surface area contributed by atoms with Crippen LogP contribution in [0.4, 0.5) is 5.82 Å². The Morgan fingerprint density at radius 3 is 2.70 bits per heavy atom. The fourth-order valence-corrected chi connectivity index (χ4v) is 3.15. The van der Waals surface area contributed by atoms with Crippen molar-refractivity contribution in [1.29, 1.82) is 0 Å². The highest BCUT2D eigenvalue weighted by Gasteiger charge is 2.21. The Morgan fingerprint density at radius 1 is 1.20 bits per heavy atom. The molecule has 4 heteroatoms. The number of methoxy groups -OCH3 is 1. The van der Waals surface area contributed by atoms with Gasteiger partial charge in [0.25, 0.3) is 0 Å². The van der Waals surface area contributed by atoms with Crippen molar-refractivity contribution in [1.82, 2.24) is 4.98 Å². The molecule has 2 aromatic rings. The first kappa shape index (κ1) is 13.1. The molecule has 0 aliphatic carbocycles. The topological polar surface area (TPSA) is 25.4 Å². The van der Waals surface area contributed by atoms with Gasteiger partial charge in [-0.05, 0) is 53.8 Å². The summed E-state index contributed by atoms with van der Waals surface area (Å²) in [6, 6.07) is 12.2. The highest BCUT2D eigenvalue weighted by atomic mass is 32.2. The third-order valence-electron chi connectivity index (χ3n) is 3.31. The fourth-order valence-electron chi connectivity index (χ4n) is 2.24. The quantitative estimate of drug-likeness (QED) is 0.853. The van der Waals surface area contributed by atoms with E-state index in [0.717, 1.165) is 17.4 Å². The molecule has 3 nitrogen and oxygen atoms in total. The number of ether oxygens (including phenoxy) is 1. The largest absolute Gasteiger partial charge is 0.497 e. The highest BCUT2D eigenvalue weighted by Crippen LogP contribution is 2.36. The van der Waals surface area contributed by atoms with Gasteiger partial charge in [0.1, 0.15) is 11.6 Å². The van der Waals surface area contributed by atoms with E-state index in [1.807, 2.05) is 24.4 Å². The van der Waals surface area contributed by atoms with E-state index in [0.29, 0.717) is 0 Å². The van der Waals surface area contributed by atoms with Crippen LogP contribution in [0.2, 0.25) is 0 Å². The Morgan fingerprint density at radius 2 is 2.00 bits per heavy atom. The number of nitrogens with zero attached hydrogens (tertiary/aromatic N) is 2. The van der Waals surface area contributed by atoms with E-state index in [1.54, 1.807) is 18.9 Å². The van der Waals surface area contributed by atoms with Crippen molar-refractivity contribution >= 4 is 23.3 Å². The van der Waals surface area contributed by atoms with Crippen molar-refractivity contribution in [3.8, 4) is 5.75 Å². The third-order valence-corrected chi connectivity index (χ3v) is 4.11. The molecule has 102 valence electrons. The van der Waals surface area contributed by atoms with Crippen LogP contribution in [0, 0.1) is 6.92 Å². The van der Waals surface area contributed by atoms with E-state index in [2.05, 4.69) is 40.4 Å². The minimum Gasteiger partial charge on any atom is -0.497 e. The Kier molecular flexibility index (Phi) is 3.65. The van der Waals surface area contributed by atoms with Crippen molar-refractivity contribution in [2.24, 2.45) is 0 Å². The van der Waals surface area contributed by atoms with Gasteiger partial charge in [-0.3, -0.25) is 0 Å². The zero-order chi connectivity index (χ0) is 13.9. The second-order valence-corrected chi connectivity index (χ2v) is 5.43. The minimum absolute atomic E-state index is 0.876. The molecule has 3 rings (SSSR count). The molecule has 0 spiro atoms. The number of anilines is 1. The lowest BCUT2D eigenvalue weighted by Crippen LogP contribution is -2.19. The van der Waals surface area contributed by atoms with Gasteiger partial charge in [-0.1, -0.05) is 6.07 Å². The number of aromatic nitrogens is 1. The normalized spacial score (nSPS) is 14.3. The van der Waals surface area contributed by atoms with Crippen LogP contribution in [0.5, 0.6) is 5.75 Å². The lowest BCUT2D eigenvalue weighted by molar-refractivity contribution is 0.415. The van der Waals surface area contributed by atoms with Crippen molar-refractivity contribution in [2.45, 2.75) is 6.92 Å². The van der Waals surface area contributed by atoms with Crippen LogP contribution >= 0.6 is 11.8 Å². The van der Waals surface area contributed by atoms with Gasteiger partial charge in [0.05, 0.1) is 18.7 Å². The zero-order valence-electron chi connectivity index (χ0n) is 11.5. The van der Waals surface area contributed by atoms with Gasteiger partial charge in [-0.25, -0.2) is 4.98 Å². The third kappa shape index (κ3) is 2.39. The number of benzene rings is 1. The van der Waals surface area contributed by atoms with E-state index in [9.17, 15) is 0 Å². The first-order valence-electron chi connectivity index (χ1n) is 6.45. The highest BCUT2D eigenvalue weighted by molar-refractivity contribution is 8.02. The second-order valence-electron chi connectivity index (χ2n) is 4.60. The molecule has 0 fully saturated rings. The number of thioether (sulfide) groups is 1. The van der Waals surface area contributed by atoms with Crippen molar-refractivity contribution < 1.29 is 4.74 Å². The van der Waals surface area contributed by atoms with Crippen LogP contribution in [0.25, 0.3) is 5.70 Å². The zero-order valence-corrected chi connectivity index (χ0v) is 12.4. The van der Waals surface area contributed by atoms with Gasteiger partial charge in [0, 0.05) is 6.20 Å². The summed E-state index contributed by atoms with van der Waals surface area (Å²) in [7, 11) is 1.68.